The first-order valence-corrected chi connectivity index (χ1v) is 6.77. The van der Waals surface area contributed by atoms with E-state index in [2.05, 4.69) is 24.0 Å². The second-order valence-electron chi connectivity index (χ2n) is 5.47. The van der Waals surface area contributed by atoms with Gasteiger partial charge in [0.05, 0.1) is 5.60 Å². The summed E-state index contributed by atoms with van der Waals surface area (Å²) in [5.74, 6) is 0.317. The van der Waals surface area contributed by atoms with Crippen LogP contribution in [0.3, 0.4) is 0 Å². The molecule has 94 valence electrons. The van der Waals surface area contributed by atoms with E-state index in [0.717, 1.165) is 35.6 Å². The highest BCUT2D eigenvalue weighted by atomic mass is 16.3. The predicted octanol–water partition coefficient (Wildman–Crippen LogP) is 3.63. The molecule has 0 radical (unpaired) electrons. The van der Waals surface area contributed by atoms with Crippen molar-refractivity contribution < 1.29 is 5.11 Å². The number of aliphatic hydroxyl groups is 1. The fraction of sp³-hybridized carbons (Fsp3) is 0.438. The van der Waals surface area contributed by atoms with E-state index in [1.807, 2.05) is 18.3 Å². The summed E-state index contributed by atoms with van der Waals surface area (Å²) in [6, 6.07) is 8.19. The van der Waals surface area contributed by atoms with Crippen LogP contribution in [0.15, 0.2) is 36.7 Å². The van der Waals surface area contributed by atoms with Crippen molar-refractivity contribution >= 4 is 10.8 Å². The third-order valence-electron chi connectivity index (χ3n) is 4.41. The van der Waals surface area contributed by atoms with E-state index >= 15 is 0 Å². The van der Waals surface area contributed by atoms with E-state index in [1.54, 1.807) is 6.20 Å². The largest absolute Gasteiger partial charge is 0.385 e. The minimum Gasteiger partial charge on any atom is -0.385 e. The third-order valence-corrected chi connectivity index (χ3v) is 4.41. The van der Waals surface area contributed by atoms with E-state index in [1.165, 1.54) is 6.42 Å². The van der Waals surface area contributed by atoms with Gasteiger partial charge in [0, 0.05) is 17.8 Å². The summed E-state index contributed by atoms with van der Waals surface area (Å²) in [6.07, 6.45) is 7.99. The molecular weight excluding hydrogens is 222 g/mol. The summed E-state index contributed by atoms with van der Waals surface area (Å²) in [4.78, 5) is 4.21. The first-order valence-electron chi connectivity index (χ1n) is 6.77. The summed E-state index contributed by atoms with van der Waals surface area (Å²) < 4.78 is 0. The van der Waals surface area contributed by atoms with E-state index < -0.39 is 5.60 Å². The molecule has 2 heteroatoms. The average molecular weight is 241 g/mol. The molecule has 1 aliphatic carbocycles. The zero-order valence-corrected chi connectivity index (χ0v) is 10.8. The zero-order valence-electron chi connectivity index (χ0n) is 10.8. The molecule has 2 unspecified atom stereocenters. The van der Waals surface area contributed by atoms with Gasteiger partial charge in [-0.2, -0.15) is 0 Å². The van der Waals surface area contributed by atoms with Gasteiger partial charge in [-0.1, -0.05) is 38.0 Å². The third kappa shape index (κ3) is 1.72. The smallest absolute Gasteiger partial charge is 0.0928 e. The Morgan fingerprint density at radius 2 is 2.17 bits per heavy atom. The monoisotopic (exact) mass is 241 g/mol. The standard InChI is InChI=1S/C16H19NO/c1-12-5-2-3-9-16(12,18)15-7-4-6-13-8-10-17-11-14(13)15/h4,6-8,10-12,18H,2-3,5,9H2,1H3. The molecule has 3 rings (SSSR count). The summed E-state index contributed by atoms with van der Waals surface area (Å²) in [7, 11) is 0. The van der Waals surface area contributed by atoms with Crippen molar-refractivity contribution in [2.75, 3.05) is 0 Å². The Labute approximate surface area is 108 Å². The van der Waals surface area contributed by atoms with Crippen LogP contribution >= 0.6 is 0 Å². The lowest BCUT2D eigenvalue weighted by Gasteiger charge is -2.39. The van der Waals surface area contributed by atoms with Gasteiger partial charge in [-0.05, 0) is 35.8 Å². The van der Waals surface area contributed by atoms with Crippen molar-refractivity contribution in [3.05, 3.63) is 42.2 Å². The molecule has 1 aliphatic rings. The van der Waals surface area contributed by atoms with Crippen molar-refractivity contribution in [1.29, 1.82) is 0 Å². The number of pyridine rings is 1. The van der Waals surface area contributed by atoms with Gasteiger partial charge in [-0.25, -0.2) is 0 Å². The van der Waals surface area contributed by atoms with Gasteiger partial charge in [-0.3, -0.25) is 4.98 Å². The molecule has 0 saturated heterocycles. The number of benzene rings is 1. The lowest BCUT2D eigenvalue weighted by Crippen LogP contribution is -2.36. The second kappa shape index (κ2) is 4.36. The first kappa shape index (κ1) is 11.7. The fourth-order valence-corrected chi connectivity index (χ4v) is 3.22. The van der Waals surface area contributed by atoms with Crippen LogP contribution < -0.4 is 0 Å². The molecule has 1 heterocycles. The van der Waals surface area contributed by atoms with Gasteiger partial charge >= 0.3 is 0 Å². The van der Waals surface area contributed by atoms with Gasteiger partial charge in [0.2, 0.25) is 0 Å². The van der Waals surface area contributed by atoms with Crippen LogP contribution in [-0.4, -0.2) is 10.1 Å². The highest BCUT2D eigenvalue weighted by molar-refractivity contribution is 5.85. The fourth-order valence-electron chi connectivity index (χ4n) is 3.22. The Morgan fingerprint density at radius 3 is 3.00 bits per heavy atom. The maximum Gasteiger partial charge on any atom is 0.0928 e. The minimum atomic E-state index is -0.680. The van der Waals surface area contributed by atoms with Gasteiger partial charge < -0.3 is 5.11 Å². The van der Waals surface area contributed by atoms with Crippen LogP contribution in [0.2, 0.25) is 0 Å². The van der Waals surface area contributed by atoms with Crippen LogP contribution in [0, 0.1) is 5.92 Å². The maximum absolute atomic E-state index is 11.1. The second-order valence-corrected chi connectivity index (χ2v) is 5.47. The van der Waals surface area contributed by atoms with Gasteiger partial charge in [-0.15, -0.1) is 0 Å². The van der Waals surface area contributed by atoms with Crippen LogP contribution in [-0.2, 0) is 5.60 Å². The number of fused-ring (bicyclic) bond motifs is 1. The summed E-state index contributed by atoms with van der Waals surface area (Å²) in [6.45, 7) is 2.16. The van der Waals surface area contributed by atoms with E-state index in [4.69, 9.17) is 0 Å². The van der Waals surface area contributed by atoms with Gasteiger partial charge in [0.25, 0.3) is 0 Å². The molecule has 0 bridgehead atoms. The maximum atomic E-state index is 11.1. The lowest BCUT2D eigenvalue weighted by atomic mass is 9.71. The molecule has 0 spiro atoms. The molecular formula is C16H19NO. The SMILES string of the molecule is CC1CCCCC1(O)c1cccc2ccncc12. The molecule has 1 fully saturated rings. The van der Waals surface area contributed by atoms with Crippen molar-refractivity contribution in [2.45, 2.75) is 38.2 Å². The van der Waals surface area contributed by atoms with Crippen LogP contribution in [0.1, 0.15) is 38.2 Å². The topological polar surface area (TPSA) is 33.1 Å². The highest BCUT2D eigenvalue weighted by Gasteiger charge is 2.38. The first-order chi connectivity index (χ1) is 8.72. The average Bonchev–Trinajstić information content (AvgIpc) is 2.41. The quantitative estimate of drug-likeness (QED) is 0.827. The number of rotatable bonds is 1. The van der Waals surface area contributed by atoms with Gasteiger partial charge in [0.15, 0.2) is 0 Å². The molecule has 1 N–H and O–H groups in total. The molecule has 2 nitrogen and oxygen atoms in total. The molecule has 0 aliphatic heterocycles. The van der Waals surface area contributed by atoms with Crippen molar-refractivity contribution in [3.63, 3.8) is 0 Å². The zero-order chi connectivity index (χ0) is 12.6. The van der Waals surface area contributed by atoms with Crippen molar-refractivity contribution in [1.82, 2.24) is 4.98 Å². The Balaban J connectivity index is 2.19. The van der Waals surface area contributed by atoms with Crippen LogP contribution in [0.25, 0.3) is 10.8 Å². The van der Waals surface area contributed by atoms with E-state index in [9.17, 15) is 5.11 Å². The van der Waals surface area contributed by atoms with E-state index in [-0.39, 0.29) is 0 Å². The Bertz CT molecular complexity index is 561. The van der Waals surface area contributed by atoms with Crippen LogP contribution in [0.5, 0.6) is 0 Å². The molecule has 1 aromatic carbocycles. The minimum absolute atomic E-state index is 0.317. The summed E-state index contributed by atoms with van der Waals surface area (Å²) in [5, 5.41) is 13.3. The van der Waals surface area contributed by atoms with Crippen LogP contribution in [0.4, 0.5) is 0 Å². The Kier molecular flexibility index (Phi) is 2.83. The Hall–Kier alpha value is -1.41. The van der Waals surface area contributed by atoms with E-state index in [0.29, 0.717) is 5.92 Å². The predicted molar refractivity (Wildman–Crippen MR) is 73.3 cm³/mol. The molecule has 2 atom stereocenters. The highest BCUT2D eigenvalue weighted by Crippen LogP contribution is 2.43. The van der Waals surface area contributed by atoms with Crippen molar-refractivity contribution in [3.8, 4) is 0 Å². The molecule has 1 aromatic heterocycles. The Morgan fingerprint density at radius 1 is 1.28 bits per heavy atom. The molecule has 2 aromatic rings. The lowest BCUT2D eigenvalue weighted by molar-refractivity contribution is -0.0457. The summed E-state index contributed by atoms with van der Waals surface area (Å²) >= 11 is 0. The number of nitrogens with zero attached hydrogens (tertiary/aromatic N) is 1. The van der Waals surface area contributed by atoms with Crippen molar-refractivity contribution in [2.24, 2.45) is 5.92 Å². The number of hydrogen-bond donors (Lipinski definition) is 1. The number of hydrogen-bond acceptors (Lipinski definition) is 2. The number of aromatic nitrogens is 1. The molecule has 18 heavy (non-hydrogen) atoms. The molecule has 1 saturated carbocycles. The molecule has 0 amide bonds. The summed E-state index contributed by atoms with van der Waals surface area (Å²) in [5.41, 5.74) is 0.376. The van der Waals surface area contributed by atoms with Gasteiger partial charge in [0.1, 0.15) is 0 Å². The normalized spacial score (nSPS) is 28.4.